The van der Waals surface area contributed by atoms with E-state index in [4.69, 9.17) is 9.26 Å². The molecular formula is C16H29N3O2. The molecule has 0 spiro atoms. The number of nitrogens with one attached hydrogen (secondary N) is 1. The molecule has 0 bridgehead atoms. The molecule has 0 saturated heterocycles. The maximum Gasteiger partial charge on any atom is 0.228 e. The van der Waals surface area contributed by atoms with Crippen molar-refractivity contribution in [1.82, 2.24) is 15.5 Å². The van der Waals surface area contributed by atoms with Crippen molar-refractivity contribution in [3.63, 3.8) is 0 Å². The van der Waals surface area contributed by atoms with Crippen molar-refractivity contribution in [3.8, 4) is 0 Å². The van der Waals surface area contributed by atoms with E-state index >= 15 is 0 Å². The molecule has 0 aromatic carbocycles. The van der Waals surface area contributed by atoms with E-state index in [0.717, 1.165) is 18.7 Å². The first-order valence-corrected chi connectivity index (χ1v) is 8.39. The van der Waals surface area contributed by atoms with Crippen molar-refractivity contribution in [2.24, 2.45) is 5.92 Å². The van der Waals surface area contributed by atoms with Crippen LogP contribution in [0.2, 0.25) is 0 Å². The second kappa shape index (κ2) is 8.49. The molecular weight excluding hydrogens is 266 g/mol. The molecule has 0 amide bonds. The summed E-state index contributed by atoms with van der Waals surface area (Å²) in [5.41, 5.74) is 0. The third kappa shape index (κ3) is 4.51. The van der Waals surface area contributed by atoms with Crippen LogP contribution in [0.25, 0.3) is 0 Å². The van der Waals surface area contributed by atoms with Gasteiger partial charge in [0, 0.05) is 19.1 Å². The van der Waals surface area contributed by atoms with Gasteiger partial charge in [0.2, 0.25) is 11.7 Å². The maximum absolute atomic E-state index is 5.94. The molecule has 5 heteroatoms. The zero-order chi connectivity index (χ0) is 15.1. The topological polar surface area (TPSA) is 60.2 Å². The summed E-state index contributed by atoms with van der Waals surface area (Å²) in [5.74, 6) is 1.99. The van der Waals surface area contributed by atoms with E-state index in [1.165, 1.54) is 32.1 Å². The zero-order valence-electron chi connectivity index (χ0n) is 13.6. The van der Waals surface area contributed by atoms with E-state index in [0.29, 0.717) is 24.5 Å². The lowest BCUT2D eigenvalue weighted by molar-refractivity contribution is -0.00145. The Morgan fingerprint density at radius 1 is 1.29 bits per heavy atom. The number of likely N-dealkylation sites (N-methyl/N-ethyl adjacent to an activating group) is 1. The van der Waals surface area contributed by atoms with Gasteiger partial charge >= 0.3 is 0 Å². The first-order chi connectivity index (χ1) is 10.3. The molecule has 0 aliphatic heterocycles. The van der Waals surface area contributed by atoms with Crippen molar-refractivity contribution in [1.29, 1.82) is 0 Å². The number of nitrogens with zero attached hydrogens (tertiary/aromatic N) is 2. The summed E-state index contributed by atoms with van der Waals surface area (Å²) >= 11 is 0. The van der Waals surface area contributed by atoms with Crippen molar-refractivity contribution < 1.29 is 9.26 Å². The van der Waals surface area contributed by atoms with Crippen LogP contribution < -0.4 is 5.32 Å². The third-order valence-corrected chi connectivity index (χ3v) is 4.48. The summed E-state index contributed by atoms with van der Waals surface area (Å²) < 4.78 is 11.4. The minimum Gasteiger partial charge on any atom is -0.370 e. The standard InChI is InChI=1S/C16H29N3O2/c1-4-13(17-3)11-14-18-16(19-21-14)15(20-5-2)12-9-7-6-8-10-12/h12-13,15,17H,4-11H2,1-3H3. The Kier molecular flexibility index (Phi) is 6.64. The number of aromatic nitrogens is 2. The highest BCUT2D eigenvalue weighted by molar-refractivity contribution is 4.96. The van der Waals surface area contributed by atoms with Gasteiger partial charge < -0.3 is 14.6 Å². The molecule has 2 atom stereocenters. The molecule has 1 heterocycles. The van der Waals surface area contributed by atoms with E-state index in [1.807, 2.05) is 14.0 Å². The monoisotopic (exact) mass is 295 g/mol. The molecule has 1 aromatic rings. The lowest BCUT2D eigenvalue weighted by Crippen LogP contribution is -2.26. The average molecular weight is 295 g/mol. The van der Waals surface area contributed by atoms with Crippen molar-refractivity contribution in [2.75, 3.05) is 13.7 Å². The van der Waals surface area contributed by atoms with Gasteiger partial charge in [-0.05, 0) is 39.2 Å². The third-order valence-electron chi connectivity index (χ3n) is 4.48. The second-order valence-corrected chi connectivity index (χ2v) is 5.92. The predicted octanol–water partition coefficient (Wildman–Crippen LogP) is 3.27. The maximum atomic E-state index is 5.94. The highest BCUT2D eigenvalue weighted by Gasteiger charge is 2.29. The number of hydrogen-bond acceptors (Lipinski definition) is 5. The lowest BCUT2D eigenvalue weighted by Gasteiger charge is -2.27. The molecule has 2 unspecified atom stereocenters. The summed E-state index contributed by atoms with van der Waals surface area (Å²) in [5, 5.41) is 7.46. The van der Waals surface area contributed by atoms with Crippen LogP contribution in [0.4, 0.5) is 0 Å². The van der Waals surface area contributed by atoms with Crippen LogP contribution in [-0.4, -0.2) is 29.8 Å². The van der Waals surface area contributed by atoms with Crippen molar-refractivity contribution in [2.45, 2.75) is 70.9 Å². The van der Waals surface area contributed by atoms with E-state index < -0.39 is 0 Å². The van der Waals surface area contributed by atoms with Crippen LogP contribution in [0.1, 0.15) is 70.2 Å². The molecule has 1 fully saturated rings. The van der Waals surface area contributed by atoms with Crippen molar-refractivity contribution in [3.05, 3.63) is 11.7 Å². The Balaban J connectivity index is 2.04. The molecule has 2 rings (SSSR count). The van der Waals surface area contributed by atoms with Gasteiger partial charge in [0.15, 0.2) is 0 Å². The number of hydrogen-bond donors (Lipinski definition) is 1. The fourth-order valence-corrected chi connectivity index (χ4v) is 3.17. The van der Waals surface area contributed by atoms with Gasteiger partial charge in [-0.1, -0.05) is 31.3 Å². The predicted molar refractivity (Wildman–Crippen MR) is 82.1 cm³/mol. The molecule has 21 heavy (non-hydrogen) atoms. The molecule has 0 radical (unpaired) electrons. The largest absolute Gasteiger partial charge is 0.370 e. The molecule has 1 saturated carbocycles. The molecule has 1 aliphatic rings. The fourth-order valence-electron chi connectivity index (χ4n) is 3.17. The van der Waals surface area contributed by atoms with E-state index in [2.05, 4.69) is 22.4 Å². The van der Waals surface area contributed by atoms with Crippen LogP contribution in [0.5, 0.6) is 0 Å². The first-order valence-electron chi connectivity index (χ1n) is 8.39. The molecule has 120 valence electrons. The first kappa shape index (κ1) is 16.4. The van der Waals surface area contributed by atoms with E-state index in [9.17, 15) is 0 Å². The fraction of sp³-hybridized carbons (Fsp3) is 0.875. The smallest absolute Gasteiger partial charge is 0.228 e. The van der Waals surface area contributed by atoms with Crippen LogP contribution in [0.15, 0.2) is 4.52 Å². The molecule has 1 aliphatic carbocycles. The Bertz CT molecular complexity index is 398. The van der Waals surface area contributed by atoms with Crippen molar-refractivity contribution >= 4 is 0 Å². The van der Waals surface area contributed by atoms with Gasteiger partial charge in [0.25, 0.3) is 0 Å². The molecule has 5 nitrogen and oxygen atoms in total. The Morgan fingerprint density at radius 3 is 2.67 bits per heavy atom. The van der Waals surface area contributed by atoms with Gasteiger partial charge in [-0.15, -0.1) is 0 Å². The zero-order valence-corrected chi connectivity index (χ0v) is 13.6. The molecule has 1 N–H and O–H groups in total. The van der Waals surface area contributed by atoms with Gasteiger partial charge in [0.05, 0.1) is 0 Å². The normalized spacial score (nSPS) is 19.6. The summed E-state index contributed by atoms with van der Waals surface area (Å²) in [6, 6.07) is 0.388. The Labute approximate surface area is 127 Å². The minimum atomic E-state index is 0.00228. The van der Waals surface area contributed by atoms with Gasteiger partial charge in [-0.25, -0.2) is 0 Å². The van der Waals surface area contributed by atoms with Crippen LogP contribution in [-0.2, 0) is 11.2 Å². The number of ether oxygens (including phenoxy) is 1. The summed E-state index contributed by atoms with van der Waals surface area (Å²) in [7, 11) is 1.97. The summed E-state index contributed by atoms with van der Waals surface area (Å²) in [4.78, 5) is 4.60. The quantitative estimate of drug-likeness (QED) is 0.797. The van der Waals surface area contributed by atoms with Gasteiger partial charge in [-0.3, -0.25) is 0 Å². The minimum absolute atomic E-state index is 0.00228. The summed E-state index contributed by atoms with van der Waals surface area (Å²) in [6.07, 6.45) is 8.17. The number of rotatable bonds is 8. The summed E-state index contributed by atoms with van der Waals surface area (Å²) in [6.45, 7) is 4.88. The van der Waals surface area contributed by atoms with Gasteiger partial charge in [-0.2, -0.15) is 4.98 Å². The van der Waals surface area contributed by atoms with Gasteiger partial charge in [0.1, 0.15) is 6.10 Å². The Hall–Kier alpha value is -0.940. The van der Waals surface area contributed by atoms with Crippen LogP contribution in [0, 0.1) is 5.92 Å². The van der Waals surface area contributed by atoms with E-state index in [-0.39, 0.29) is 6.10 Å². The molecule has 1 aromatic heterocycles. The lowest BCUT2D eigenvalue weighted by atomic mass is 9.85. The van der Waals surface area contributed by atoms with Crippen LogP contribution in [0.3, 0.4) is 0 Å². The van der Waals surface area contributed by atoms with Crippen LogP contribution >= 0.6 is 0 Å². The SMILES string of the molecule is CCOC(c1noc(CC(CC)NC)n1)C1CCCCC1. The average Bonchev–Trinajstić information content (AvgIpc) is 2.99. The highest BCUT2D eigenvalue weighted by Crippen LogP contribution is 2.35. The van der Waals surface area contributed by atoms with E-state index in [1.54, 1.807) is 0 Å². The highest BCUT2D eigenvalue weighted by atomic mass is 16.5. The Morgan fingerprint density at radius 2 is 2.05 bits per heavy atom. The second-order valence-electron chi connectivity index (χ2n) is 5.92.